The fourth-order valence-electron chi connectivity index (χ4n) is 1.49. The van der Waals surface area contributed by atoms with E-state index in [0.29, 0.717) is 5.69 Å². The summed E-state index contributed by atoms with van der Waals surface area (Å²) in [6, 6.07) is -0.389. The summed E-state index contributed by atoms with van der Waals surface area (Å²) in [6.07, 6.45) is 3.14. The Hall–Kier alpha value is -2.05. The Morgan fingerprint density at radius 2 is 2.22 bits per heavy atom. The smallest absolute Gasteiger partial charge is 0.322 e. The van der Waals surface area contributed by atoms with Gasteiger partial charge in [-0.05, 0) is 13.8 Å². The molecule has 18 heavy (non-hydrogen) atoms. The molecule has 0 bridgehead atoms. The molecule has 0 saturated heterocycles. The van der Waals surface area contributed by atoms with Crippen LogP contribution in [0.15, 0.2) is 12.4 Å². The zero-order chi connectivity index (χ0) is 13.7. The molecule has 7 nitrogen and oxygen atoms in total. The van der Waals surface area contributed by atoms with Gasteiger partial charge in [0.25, 0.3) is 0 Å². The van der Waals surface area contributed by atoms with Crippen LogP contribution >= 0.6 is 0 Å². The van der Waals surface area contributed by atoms with Gasteiger partial charge in [-0.3, -0.25) is 9.48 Å². The summed E-state index contributed by atoms with van der Waals surface area (Å²) in [7, 11) is 1.75. The fourth-order valence-corrected chi connectivity index (χ4v) is 1.49. The molecule has 0 radical (unpaired) electrons. The number of anilines is 1. The van der Waals surface area contributed by atoms with Crippen LogP contribution in [0.2, 0.25) is 0 Å². The highest BCUT2D eigenvalue weighted by Crippen LogP contribution is 2.08. The van der Waals surface area contributed by atoms with Gasteiger partial charge in [0.05, 0.1) is 18.3 Å². The highest BCUT2D eigenvalue weighted by molar-refractivity contribution is 5.89. The second kappa shape index (κ2) is 6.04. The predicted octanol–water partition coefficient (Wildman–Crippen LogP) is 1.14. The lowest BCUT2D eigenvalue weighted by molar-refractivity contribution is -0.137. The largest absolute Gasteiger partial charge is 0.481 e. The molecule has 100 valence electrons. The van der Waals surface area contributed by atoms with E-state index in [-0.39, 0.29) is 25.0 Å². The first-order valence-corrected chi connectivity index (χ1v) is 5.68. The number of carboxylic acid groups (broad SMARTS) is 1. The summed E-state index contributed by atoms with van der Waals surface area (Å²) >= 11 is 0. The number of carbonyl (C=O) groups is 2. The Bertz CT molecular complexity index is 428. The molecule has 1 aromatic rings. The minimum absolute atomic E-state index is 0.0685. The van der Waals surface area contributed by atoms with Gasteiger partial charge < -0.3 is 15.3 Å². The van der Waals surface area contributed by atoms with Gasteiger partial charge in [0, 0.05) is 25.8 Å². The molecule has 2 amide bonds. The molecule has 0 unspecified atom stereocenters. The van der Waals surface area contributed by atoms with Crippen LogP contribution in [0.25, 0.3) is 0 Å². The molecule has 0 fully saturated rings. The average Bonchev–Trinajstić information content (AvgIpc) is 2.63. The summed E-state index contributed by atoms with van der Waals surface area (Å²) in [5.41, 5.74) is 0.587. The lowest BCUT2D eigenvalue weighted by Crippen LogP contribution is -2.41. The van der Waals surface area contributed by atoms with Crippen LogP contribution in [0.3, 0.4) is 0 Å². The van der Waals surface area contributed by atoms with Gasteiger partial charge in [-0.15, -0.1) is 0 Å². The maximum atomic E-state index is 12.0. The van der Waals surface area contributed by atoms with E-state index >= 15 is 0 Å². The number of carboxylic acids is 1. The highest BCUT2D eigenvalue weighted by atomic mass is 16.4. The van der Waals surface area contributed by atoms with Crippen molar-refractivity contribution >= 4 is 17.7 Å². The van der Waals surface area contributed by atoms with E-state index in [0.717, 1.165) is 0 Å². The van der Waals surface area contributed by atoms with Crippen LogP contribution in [-0.2, 0) is 11.8 Å². The van der Waals surface area contributed by atoms with Crippen molar-refractivity contribution in [2.24, 2.45) is 7.05 Å². The van der Waals surface area contributed by atoms with Gasteiger partial charge >= 0.3 is 12.0 Å². The van der Waals surface area contributed by atoms with Gasteiger partial charge in [0.1, 0.15) is 0 Å². The van der Waals surface area contributed by atoms with Crippen molar-refractivity contribution in [3.05, 3.63) is 12.4 Å². The Kier molecular flexibility index (Phi) is 4.70. The Labute approximate surface area is 105 Å². The molecule has 2 N–H and O–H groups in total. The number of nitrogens with zero attached hydrogens (tertiary/aromatic N) is 3. The third-order valence-corrected chi connectivity index (χ3v) is 2.41. The zero-order valence-corrected chi connectivity index (χ0v) is 10.8. The van der Waals surface area contributed by atoms with Gasteiger partial charge in [0.2, 0.25) is 0 Å². The first-order valence-electron chi connectivity index (χ1n) is 5.68. The molecule has 1 heterocycles. The van der Waals surface area contributed by atoms with E-state index in [4.69, 9.17) is 5.11 Å². The summed E-state index contributed by atoms with van der Waals surface area (Å²) in [4.78, 5) is 24.0. The minimum Gasteiger partial charge on any atom is -0.481 e. The fraction of sp³-hybridized carbons (Fsp3) is 0.545. The molecular formula is C11H18N4O3. The van der Waals surface area contributed by atoms with Crippen molar-refractivity contribution < 1.29 is 14.7 Å². The van der Waals surface area contributed by atoms with Gasteiger partial charge in [-0.1, -0.05) is 0 Å². The van der Waals surface area contributed by atoms with E-state index < -0.39 is 5.97 Å². The number of urea groups is 1. The zero-order valence-electron chi connectivity index (χ0n) is 10.8. The minimum atomic E-state index is -0.921. The molecule has 0 aromatic carbocycles. The standard InChI is InChI=1S/C11H18N4O3/c1-8(2)15(5-4-10(16)17)11(18)13-9-6-12-14(3)7-9/h6-8H,4-5H2,1-3H3,(H,13,18)(H,16,17). The Balaban J connectivity index is 2.62. The summed E-state index contributed by atoms with van der Waals surface area (Å²) in [6.45, 7) is 3.86. The first kappa shape index (κ1) is 14.0. The normalized spacial score (nSPS) is 10.4. The number of aryl methyl sites for hydroxylation is 1. The number of aromatic nitrogens is 2. The summed E-state index contributed by atoms with van der Waals surface area (Å²) < 4.78 is 1.58. The van der Waals surface area contributed by atoms with Gasteiger partial charge in [-0.2, -0.15) is 5.10 Å². The lowest BCUT2D eigenvalue weighted by atomic mass is 10.3. The third-order valence-electron chi connectivity index (χ3n) is 2.41. The molecule has 1 aromatic heterocycles. The topological polar surface area (TPSA) is 87.5 Å². The van der Waals surface area contributed by atoms with Gasteiger partial charge in [0.15, 0.2) is 0 Å². The molecule has 7 heteroatoms. The van der Waals surface area contributed by atoms with E-state index in [9.17, 15) is 9.59 Å². The number of rotatable bonds is 5. The number of nitrogens with one attached hydrogen (secondary N) is 1. The number of hydrogen-bond acceptors (Lipinski definition) is 3. The third kappa shape index (κ3) is 4.08. The Morgan fingerprint density at radius 3 is 2.67 bits per heavy atom. The van der Waals surface area contributed by atoms with Crippen LogP contribution < -0.4 is 5.32 Å². The SMILES string of the molecule is CC(C)N(CCC(=O)O)C(=O)Nc1cnn(C)c1. The van der Waals surface area contributed by atoms with E-state index in [1.807, 2.05) is 13.8 Å². The van der Waals surface area contributed by atoms with Crippen molar-refractivity contribution in [2.45, 2.75) is 26.3 Å². The van der Waals surface area contributed by atoms with Crippen molar-refractivity contribution in [1.29, 1.82) is 0 Å². The number of aliphatic carboxylic acids is 1. The molecule has 1 rings (SSSR count). The van der Waals surface area contributed by atoms with Crippen LogP contribution in [0.1, 0.15) is 20.3 Å². The first-order chi connectivity index (χ1) is 8.40. The lowest BCUT2D eigenvalue weighted by Gasteiger charge is -2.26. The summed E-state index contributed by atoms with van der Waals surface area (Å²) in [5, 5.41) is 15.3. The van der Waals surface area contributed by atoms with E-state index in [2.05, 4.69) is 10.4 Å². The van der Waals surface area contributed by atoms with Crippen molar-refractivity contribution in [2.75, 3.05) is 11.9 Å². The van der Waals surface area contributed by atoms with Crippen molar-refractivity contribution in [1.82, 2.24) is 14.7 Å². The highest BCUT2D eigenvalue weighted by Gasteiger charge is 2.18. The number of hydrogen-bond donors (Lipinski definition) is 2. The molecule has 0 atom stereocenters. The maximum Gasteiger partial charge on any atom is 0.322 e. The molecule has 0 aliphatic rings. The summed E-state index contributed by atoms with van der Waals surface area (Å²) in [5.74, 6) is -0.921. The average molecular weight is 254 g/mol. The molecule has 0 aliphatic heterocycles. The van der Waals surface area contributed by atoms with Crippen LogP contribution in [0, 0.1) is 0 Å². The number of amides is 2. The second-order valence-corrected chi connectivity index (χ2v) is 4.26. The molecule has 0 saturated carbocycles. The maximum absolute atomic E-state index is 12.0. The predicted molar refractivity (Wildman–Crippen MR) is 66.3 cm³/mol. The quantitative estimate of drug-likeness (QED) is 0.824. The Morgan fingerprint density at radius 1 is 1.56 bits per heavy atom. The van der Waals surface area contributed by atoms with Gasteiger partial charge in [-0.25, -0.2) is 4.79 Å². The molecule has 0 aliphatic carbocycles. The van der Waals surface area contributed by atoms with E-state index in [1.54, 1.807) is 17.9 Å². The van der Waals surface area contributed by atoms with Crippen LogP contribution in [0.4, 0.5) is 10.5 Å². The van der Waals surface area contributed by atoms with Crippen molar-refractivity contribution in [3.8, 4) is 0 Å². The van der Waals surface area contributed by atoms with Crippen LogP contribution in [-0.4, -0.2) is 44.4 Å². The number of carbonyl (C=O) groups excluding carboxylic acids is 1. The molecular weight excluding hydrogens is 236 g/mol. The van der Waals surface area contributed by atoms with Crippen molar-refractivity contribution in [3.63, 3.8) is 0 Å². The van der Waals surface area contributed by atoms with Crippen LogP contribution in [0.5, 0.6) is 0 Å². The second-order valence-electron chi connectivity index (χ2n) is 4.26. The van der Waals surface area contributed by atoms with E-state index in [1.165, 1.54) is 11.1 Å². The molecule has 0 spiro atoms. The monoisotopic (exact) mass is 254 g/mol.